The molecule has 2 amide bonds. The Labute approximate surface area is 102 Å². The highest BCUT2D eigenvalue weighted by molar-refractivity contribution is 14.1. The standard InChI is InChI=1S/C10H11IN2O2/c1-13(6-9(12)14)10(15)7-2-4-8(11)5-3-7/h2-5H,6H2,1H3,(H2,12,14). The Kier molecular flexibility index (Phi) is 4.07. The third-order valence-corrected chi connectivity index (χ3v) is 2.55. The molecule has 15 heavy (non-hydrogen) atoms. The topological polar surface area (TPSA) is 63.4 Å². The Morgan fingerprint density at radius 3 is 2.33 bits per heavy atom. The van der Waals surface area contributed by atoms with Crippen LogP contribution in [0.25, 0.3) is 0 Å². The largest absolute Gasteiger partial charge is 0.368 e. The molecular weight excluding hydrogens is 307 g/mol. The Bertz CT molecular complexity index is 376. The first kappa shape index (κ1) is 12.0. The minimum Gasteiger partial charge on any atom is -0.368 e. The zero-order valence-electron chi connectivity index (χ0n) is 8.24. The lowest BCUT2D eigenvalue weighted by Gasteiger charge is -2.14. The number of hydrogen-bond donors (Lipinski definition) is 1. The van der Waals surface area contributed by atoms with Crippen LogP contribution in [0.4, 0.5) is 0 Å². The van der Waals surface area contributed by atoms with Crippen LogP contribution in [0.15, 0.2) is 24.3 Å². The highest BCUT2D eigenvalue weighted by Gasteiger charge is 2.12. The molecule has 0 spiro atoms. The summed E-state index contributed by atoms with van der Waals surface area (Å²) in [7, 11) is 1.55. The van der Waals surface area contributed by atoms with Gasteiger partial charge in [0.2, 0.25) is 5.91 Å². The molecule has 0 unspecified atom stereocenters. The van der Waals surface area contributed by atoms with Crippen LogP contribution in [0.1, 0.15) is 10.4 Å². The van der Waals surface area contributed by atoms with Crippen LogP contribution in [0.2, 0.25) is 0 Å². The number of halogens is 1. The van der Waals surface area contributed by atoms with Gasteiger partial charge in [0.15, 0.2) is 0 Å². The molecule has 0 aliphatic heterocycles. The fourth-order valence-electron chi connectivity index (χ4n) is 1.12. The second-order valence-electron chi connectivity index (χ2n) is 3.13. The van der Waals surface area contributed by atoms with Gasteiger partial charge in [-0.1, -0.05) is 0 Å². The van der Waals surface area contributed by atoms with E-state index in [9.17, 15) is 9.59 Å². The molecule has 1 aromatic rings. The number of carbonyl (C=O) groups excluding carboxylic acids is 2. The van der Waals surface area contributed by atoms with E-state index in [2.05, 4.69) is 22.6 Å². The Hall–Kier alpha value is -1.11. The lowest BCUT2D eigenvalue weighted by molar-refractivity contribution is -0.118. The first-order valence-corrected chi connectivity index (χ1v) is 5.38. The lowest BCUT2D eigenvalue weighted by Crippen LogP contribution is -2.35. The number of nitrogens with zero attached hydrogens (tertiary/aromatic N) is 1. The number of benzene rings is 1. The summed E-state index contributed by atoms with van der Waals surface area (Å²) < 4.78 is 1.06. The molecule has 0 saturated heterocycles. The van der Waals surface area contributed by atoms with E-state index in [1.807, 2.05) is 12.1 Å². The normalized spacial score (nSPS) is 9.73. The van der Waals surface area contributed by atoms with Crippen molar-refractivity contribution in [3.63, 3.8) is 0 Å². The van der Waals surface area contributed by atoms with E-state index in [4.69, 9.17) is 5.73 Å². The van der Waals surface area contributed by atoms with E-state index in [0.717, 1.165) is 3.57 Å². The predicted molar refractivity (Wildman–Crippen MR) is 65.3 cm³/mol. The van der Waals surface area contributed by atoms with Crippen LogP contribution in [-0.2, 0) is 4.79 Å². The molecule has 0 heterocycles. The van der Waals surface area contributed by atoms with Gasteiger partial charge in [0.05, 0.1) is 6.54 Å². The molecule has 2 N–H and O–H groups in total. The molecule has 0 radical (unpaired) electrons. The molecule has 0 aliphatic rings. The van der Waals surface area contributed by atoms with Crippen LogP contribution in [0.5, 0.6) is 0 Å². The van der Waals surface area contributed by atoms with Crippen molar-refractivity contribution >= 4 is 34.4 Å². The van der Waals surface area contributed by atoms with Crippen molar-refractivity contribution in [3.05, 3.63) is 33.4 Å². The number of rotatable bonds is 3. The van der Waals surface area contributed by atoms with Crippen LogP contribution < -0.4 is 5.73 Å². The third kappa shape index (κ3) is 3.50. The molecule has 80 valence electrons. The quantitative estimate of drug-likeness (QED) is 0.840. The molecule has 0 bridgehead atoms. The number of nitrogens with two attached hydrogens (primary N) is 1. The molecule has 0 aliphatic carbocycles. The van der Waals surface area contributed by atoms with E-state index in [1.165, 1.54) is 4.90 Å². The first-order valence-electron chi connectivity index (χ1n) is 4.30. The summed E-state index contributed by atoms with van der Waals surface area (Å²) in [6, 6.07) is 7.13. The number of primary amides is 1. The van der Waals surface area contributed by atoms with E-state index in [1.54, 1.807) is 19.2 Å². The van der Waals surface area contributed by atoms with E-state index in [-0.39, 0.29) is 12.5 Å². The van der Waals surface area contributed by atoms with Crippen molar-refractivity contribution in [1.82, 2.24) is 4.90 Å². The number of carbonyl (C=O) groups is 2. The molecule has 0 saturated carbocycles. The number of hydrogen-bond acceptors (Lipinski definition) is 2. The maximum atomic E-state index is 11.7. The van der Waals surface area contributed by atoms with Crippen LogP contribution >= 0.6 is 22.6 Å². The summed E-state index contributed by atoms with van der Waals surface area (Å²) in [6.45, 7) is -0.0647. The fraction of sp³-hybridized carbons (Fsp3) is 0.200. The molecule has 1 aromatic carbocycles. The summed E-state index contributed by atoms with van der Waals surface area (Å²) >= 11 is 2.16. The van der Waals surface area contributed by atoms with E-state index >= 15 is 0 Å². The Balaban J connectivity index is 2.76. The molecule has 5 heteroatoms. The smallest absolute Gasteiger partial charge is 0.254 e. The molecule has 0 fully saturated rings. The van der Waals surface area contributed by atoms with Gasteiger partial charge in [-0.25, -0.2) is 0 Å². The lowest BCUT2D eigenvalue weighted by atomic mass is 10.2. The summed E-state index contributed by atoms with van der Waals surface area (Å²) in [5.74, 6) is -0.721. The minimum atomic E-state index is -0.517. The molecule has 4 nitrogen and oxygen atoms in total. The van der Waals surface area contributed by atoms with Crippen molar-refractivity contribution in [3.8, 4) is 0 Å². The van der Waals surface area contributed by atoms with Gasteiger partial charge in [-0.05, 0) is 46.9 Å². The zero-order chi connectivity index (χ0) is 11.4. The van der Waals surface area contributed by atoms with Gasteiger partial charge < -0.3 is 10.6 Å². The van der Waals surface area contributed by atoms with Crippen LogP contribution in [-0.4, -0.2) is 30.3 Å². The second-order valence-corrected chi connectivity index (χ2v) is 4.38. The van der Waals surface area contributed by atoms with Gasteiger partial charge in [0, 0.05) is 16.2 Å². The summed E-state index contributed by atoms with van der Waals surface area (Å²) in [5, 5.41) is 0. The Morgan fingerprint density at radius 2 is 1.87 bits per heavy atom. The van der Waals surface area contributed by atoms with E-state index < -0.39 is 5.91 Å². The highest BCUT2D eigenvalue weighted by Crippen LogP contribution is 2.08. The third-order valence-electron chi connectivity index (χ3n) is 1.83. The fourth-order valence-corrected chi connectivity index (χ4v) is 1.48. The van der Waals surface area contributed by atoms with Gasteiger partial charge >= 0.3 is 0 Å². The monoisotopic (exact) mass is 318 g/mol. The minimum absolute atomic E-state index is 0.0647. The highest BCUT2D eigenvalue weighted by atomic mass is 127. The average molecular weight is 318 g/mol. The maximum absolute atomic E-state index is 11.7. The molecular formula is C10H11IN2O2. The Morgan fingerprint density at radius 1 is 1.33 bits per heavy atom. The molecule has 1 rings (SSSR count). The SMILES string of the molecule is CN(CC(N)=O)C(=O)c1ccc(I)cc1. The van der Waals surface area contributed by atoms with Crippen molar-refractivity contribution < 1.29 is 9.59 Å². The average Bonchev–Trinajstić information content (AvgIpc) is 2.17. The summed E-state index contributed by atoms with van der Waals surface area (Å²) in [6.07, 6.45) is 0. The molecule has 0 aromatic heterocycles. The second kappa shape index (κ2) is 5.11. The predicted octanol–water partition coefficient (Wildman–Crippen LogP) is 0.849. The van der Waals surface area contributed by atoms with E-state index in [0.29, 0.717) is 5.56 Å². The zero-order valence-corrected chi connectivity index (χ0v) is 10.4. The van der Waals surface area contributed by atoms with Crippen molar-refractivity contribution in [2.24, 2.45) is 5.73 Å². The van der Waals surface area contributed by atoms with Gasteiger partial charge in [-0.15, -0.1) is 0 Å². The number of likely N-dealkylation sites (N-methyl/N-ethyl adjacent to an activating group) is 1. The van der Waals surface area contributed by atoms with Gasteiger partial charge in [0.1, 0.15) is 0 Å². The summed E-state index contributed by atoms with van der Waals surface area (Å²) in [4.78, 5) is 23.6. The van der Waals surface area contributed by atoms with Gasteiger partial charge in [0.25, 0.3) is 5.91 Å². The molecule has 0 atom stereocenters. The van der Waals surface area contributed by atoms with Crippen LogP contribution in [0, 0.1) is 3.57 Å². The number of amides is 2. The van der Waals surface area contributed by atoms with Crippen molar-refractivity contribution in [2.45, 2.75) is 0 Å². The first-order chi connectivity index (χ1) is 7.00. The summed E-state index contributed by atoms with van der Waals surface area (Å²) in [5.41, 5.74) is 5.55. The van der Waals surface area contributed by atoms with Crippen molar-refractivity contribution in [1.29, 1.82) is 0 Å². The van der Waals surface area contributed by atoms with Gasteiger partial charge in [-0.2, -0.15) is 0 Å². The van der Waals surface area contributed by atoms with Gasteiger partial charge in [-0.3, -0.25) is 9.59 Å². The maximum Gasteiger partial charge on any atom is 0.254 e. The van der Waals surface area contributed by atoms with Crippen molar-refractivity contribution in [2.75, 3.05) is 13.6 Å². The van der Waals surface area contributed by atoms with Crippen LogP contribution in [0.3, 0.4) is 0 Å².